The van der Waals surface area contributed by atoms with E-state index in [2.05, 4.69) is 51.7 Å². The average Bonchev–Trinajstić information content (AvgIpc) is 3.05. The minimum absolute atomic E-state index is 0.0446. The summed E-state index contributed by atoms with van der Waals surface area (Å²) in [5, 5.41) is 10.5. The topological polar surface area (TPSA) is 67.2 Å². The number of aryl methyl sites for hydroxylation is 1. The predicted octanol–water partition coefficient (Wildman–Crippen LogP) is 5.19. The SMILES string of the molecule is COc1ccc(C(c2cc3c(cc2C)C(C)(C)CCC3(C)C)n2c(O)c[nH]c2=O)cc1. The van der Waals surface area contributed by atoms with Gasteiger partial charge in [0.2, 0.25) is 5.88 Å². The van der Waals surface area contributed by atoms with Gasteiger partial charge in [0.25, 0.3) is 0 Å². The van der Waals surface area contributed by atoms with Crippen LogP contribution in [0.5, 0.6) is 11.6 Å². The molecule has 31 heavy (non-hydrogen) atoms. The molecule has 0 spiro atoms. The molecule has 5 nitrogen and oxygen atoms in total. The normalized spacial score (nSPS) is 17.7. The number of nitrogens with one attached hydrogen (secondary N) is 1. The van der Waals surface area contributed by atoms with Gasteiger partial charge in [0, 0.05) is 0 Å². The van der Waals surface area contributed by atoms with Gasteiger partial charge in [-0.2, -0.15) is 0 Å². The van der Waals surface area contributed by atoms with Crippen LogP contribution in [0.2, 0.25) is 0 Å². The molecule has 0 aliphatic heterocycles. The number of ether oxygens (including phenoxy) is 1. The van der Waals surface area contributed by atoms with Gasteiger partial charge in [0.05, 0.1) is 19.3 Å². The molecule has 1 atom stereocenters. The molecule has 1 aliphatic rings. The Morgan fingerprint density at radius 3 is 2.13 bits per heavy atom. The number of methoxy groups -OCH3 is 1. The Bertz CT molecular complexity index is 1170. The van der Waals surface area contributed by atoms with E-state index in [1.165, 1.54) is 21.9 Å². The van der Waals surface area contributed by atoms with Crippen LogP contribution in [0.25, 0.3) is 0 Å². The van der Waals surface area contributed by atoms with E-state index >= 15 is 0 Å². The Morgan fingerprint density at radius 1 is 1.03 bits per heavy atom. The monoisotopic (exact) mass is 420 g/mol. The van der Waals surface area contributed by atoms with E-state index in [0.717, 1.165) is 35.3 Å². The van der Waals surface area contributed by atoms with Crippen LogP contribution in [0.15, 0.2) is 47.4 Å². The highest BCUT2D eigenvalue weighted by molar-refractivity contribution is 5.50. The molecule has 5 heteroatoms. The van der Waals surface area contributed by atoms with Crippen molar-refractivity contribution in [1.29, 1.82) is 0 Å². The lowest BCUT2D eigenvalue weighted by atomic mass is 9.62. The lowest BCUT2D eigenvalue weighted by Crippen LogP contribution is -2.34. The van der Waals surface area contributed by atoms with Crippen molar-refractivity contribution in [2.75, 3.05) is 7.11 Å². The Morgan fingerprint density at radius 2 is 1.61 bits per heavy atom. The number of rotatable bonds is 4. The van der Waals surface area contributed by atoms with Crippen LogP contribution in [0.3, 0.4) is 0 Å². The maximum Gasteiger partial charge on any atom is 0.329 e. The summed E-state index contributed by atoms with van der Waals surface area (Å²) in [7, 11) is 1.63. The third-order valence-corrected chi connectivity index (χ3v) is 7.01. The van der Waals surface area contributed by atoms with Crippen LogP contribution in [0.1, 0.15) is 74.4 Å². The Kier molecular flexibility index (Phi) is 5.03. The van der Waals surface area contributed by atoms with Gasteiger partial charge in [-0.3, -0.25) is 4.57 Å². The van der Waals surface area contributed by atoms with Crippen LogP contribution in [-0.2, 0) is 10.8 Å². The van der Waals surface area contributed by atoms with Gasteiger partial charge in [0.15, 0.2) is 0 Å². The number of hydrogen-bond acceptors (Lipinski definition) is 3. The van der Waals surface area contributed by atoms with Crippen molar-refractivity contribution in [2.45, 2.75) is 64.3 Å². The van der Waals surface area contributed by atoms with Gasteiger partial charge < -0.3 is 14.8 Å². The molecular formula is C26H32N2O3. The fourth-order valence-corrected chi connectivity index (χ4v) is 4.91. The summed E-state index contributed by atoms with van der Waals surface area (Å²) in [6.45, 7) is 11.3. The molecule has 1 unspecified atom stereocenters. The second-order valence-electron chi connectivity index (χ2n) is 10.0. The third kappa shape index (κ3) is 3.56. The first-order chi connectivity index (χ1) is 14.5. The summed E-state index contributed by atoms with van der Waals surface area (Å²) >= 11 is 0. The van der Waals surface area contributed by atoms with E-state index < -0.39 is 6.04 Å². The van der Waals surface area contributed by atoms with Crippen molar-refractivity contribution >= 4 is 0 Å². The van der Waals surface area contributed by atoms with E-state index in [9.17, 15) is 9.90 Å². The summed E-state index contributed by atoms with van der Waals surface area (Å²) in [5.41, 5.74) is 5.56. The molecule has 0 saturated carbocycles. The second kappa shape index (κ2) is 7.33. The van der Waals surface area contributed by atoms with Gasteiger partial charge >= 0.3 is 5.69 Å². The first kappa shape index (κ1) is 21.3. The van der Waals surface area contributed by atoms with Crippen molar-refractivity contribution in [3.8, 4) is 11.6 Å². The molecule has 0 bridgehead atoms. The maximum absolute atomic E-state index is 12.7. The van der Waals surface area contributed by atoms with Crippen molar-refractivity contribution in [3.63, 3.8) is 0 Å². The molecule has 2 N–H and O–H groups in total. The van der Waals surface area contributed by atoms with Gasteiger partial charge in [0.1, 0.15) is 5.75 Å². The van der Waals surface area contributed by atoms with Crippen molar-refractivity contribution in [1.82, 2.24) is 9.55 Å². The fraction of sp³-hybridized carbons (Fsp3) is 0.423. The molecule has 1 aromatic heterocycles. The van der Waals surface area contributed by atoms with E-state index in [1.54, 1.807) is 7.11 Å². The van der Waals surface area contributed by atoms with Crippen LogP contribution >= 0.6 is 0 Å². The zero-order valence-corrected chi connectivity index (χ0v) is 19.2. The quantitative estimate of drug-likeness (QED) is 0.611. The first-order valence-corrected chi connectivity index (χ1v) is 10.8. The molecule has 0 fully saturated rings. The Hall–Kier alpha value is -2.95. The third-order valence-electron chi connectivity index (χ3n) is 7.01. The number of nitrogens with zero attached hydrogens (tertiary/aromatic N) is 1. The van der Waals surface area contributed by atoms with Gasteiger partial charge in [-0.05, 0) is 70.5 Å². The van der Waals surface area contributed by atoms with Crippen molar-refractivity contribution in [3.05, 3.63) is 80.9 Å². The number of benzene rings is 2. The molecule has 164 valence electrons. The number of imidazole rings is 1. The molecule has 3 aromatic rings. The molecule has 0 radical (unpaired) electrons. The summed E-state index contributed by atoms with van der Waals surface area (Å²) < 4.78 is 6.75. The number of aromatic amines is 1. The zero-order valence-electron chi connectivity index (χ0n) is 19.2. The van der Waals surface area contributed by atoms with E-state index in [-0.39, 0.29) is 22.4 Å². The van der Waals surface area contributed by atoms with Gasteiger partial charge in [-0.15, -0.1) is 0 Å². The average molecular weight is 421 g/mol. The van der Waals surface area contributed by atoms with Gasteiger partial charge in [-0.1, -0.05) is 52.0 Å². The summed E-state index contributed by atoms with van der Waals surface area (Å²) in [6, 6.07) is 11.8. The number of aromatic hydroxyl groups is 1. The number of aromatic nitrogens is 2. The summed E-state index contributed by atoms with van der Waals surface area (Å²) in [6.07, 6.45) is 3.60. The maximum atomic E-state index is 12.7. The Balaban J connectivity index is 1.99. The molecule has 2 aromatic carbocycles. The first-order valence-electron chi connectivity index (χ1n) is 10.8. The number of hydrogen-bond donors (Lipinski definition) is 2. The lowest BCUT2D eigenvalue weighted by molar-refractivity contribution is 0.331. The van der Waals surface area contributed by atoms with E-state index in [1.807, 2.05) is 24.3 Å². The zero-order chi connectivity index (χ0) is 22.6. The minimum Gasteiger partial charge on any atom is -0.497 e. The summed E-state index contributed by atoms with van der Waals surface area (Å²) in [5.74, 6) is 0.667. The highest BCUT2D eigenvalue weighted by Crippen LogP contribution is 2.47. The predicted molar refractivity (Wildman–Crippen MR) is 123 cm³/mol. The summed E-state index contributed by atoms with van der Waals surface area (Å²) in [4.78, 5) is 15.3. The number of H-pyrrole nitrogens is 1. The lowest BCUT2D eigenvalue weighted by Gasteiger charge is -2.43. The molecule has 1 heterocycles. The van der Waals surface area contributed by atoms with Crippen LogP contribution < -0.4 is 10.4 Å². The molecule has 4 rings (SSSR count). The highest BCUT2D eigenvalue weighted by Gasteiger charge is 2.38. The van der Waals surface area contributed by atoms with Crippen molar-refractivity contribution in [2.24, 2.45) is 0 Å². The van der Waals surface area contributed by atoms with E-state index in [0.29, 0.717) is 0 Å². The van der Waals surface area contributed by atoms with Crippen LogP contribution in [0, 0.1) is 6.92 Å². The fourth-order valence-electron chi connectivity index (χ4n) is 4.91. The van der Waals surface area contributed by atoms with Crippen molar-refractivity contribution < 1.29 is 9.84 Å². The van der Waals surface area contributed by atoms with Crippen LogP contribution in [-0.4, -0.2) is 21.8 Å². The largest absolute Gasteiger partial charge is 0.497 e. The van der Waals surface area contributed by atoms with Crippen LogP contribution in [0.4, 0.5) is 0 Å². The Labute approximate surface area is 183 Å². The standard InChI is InChI=1S/C26H32N2O3/c1-16-13-20-21(26(4,5)12-11-25(20,2)3)14-19(16)23(28-22(29)15-27-24(28)30)17-7-9-18(31-6)10-8-17/h7-10,13-15,23,29H,11-12H2,1-6H3,(H,27,30). The molecule has 0 amide bonds. The van der Waals surface area contributed by atoms with Gasteiger partial charge in [-0.25, -0.2) is 4.79 Å². The highest BCUT2D eigenvalue weighted by atomic mass is 16.5. The molecular weight excluding hydrogens is 388 g/mol. The molecule has 0 saturated heterocycles. The number of fused-ring (bicyclic) bond motifs is 1. The molecule has 1 aliphatic carbocycles. The minimum atomic E-state index is -0.448. The second-order valence-corrected chi connectivity index (χ2v) is 10.0. The van der Waals surface area contributed by atoms with E-state index in [4.69, 9.17) is 4.74 Å². The smallest absolute Gasteiger partial charge is 0.329 e.